The summed E-state index contributed by atoms with van der Waals surface area (Å²) in [6.07, 6.45) is 5.22. The molecule has 1 aromatic heterocycles. The minimum Gasteiger partial charge on any atom is -0.334 e. The van der Waals surface area contributed by atoms with Gasteiger partial charge in [0.05, 0.1) is 11.9 Å². The highest BCUT2D eigenvalue weighted by Gasteiger charge is 2.31. The molecule has 0 radical (unpaired) electrons. The van der Waals surface area contributed by atoms with E-state index in [4.69, 9.17) is 0 Å². The Bertz CT molecular complexity index is 698. The van der Waals surface area contributed by atoms with Crippen molar-refractivity contribution in [3.63, 3.8) is 0 Å². The molecule has 0 N–H and O–H groups in total. The van der Waals surface area contributed by atoms with Gasteiger partial charge in [-0.05, 0) is 19.8 Å². The summed E-state index contributed by atoms with van der Waals surface area (Å²) in [6, 6.07) is 9.17. The van der Waals surface area contributed by atoms with Crippen molar-refractivity contribution in [3.05, 3.63) is 59.7 Å². The van der Waals surface area contributed by atoms with Gasteiger partial charge >= 0.3 is 0 Å². The molecule has 1 aromatic carbocycles. The van der Waals surface area contributed by atoms with Crippen LogP contribution < -0.4 is 0 Å². The number of aromatic nitrogens is 2. The van der Waals surface area contributed by atoms with Gasteiger partial charge in [-0.1, -0.05) is 30.3 Å². The highest BCUT2D eigenvalue weighted by atomic mass is 16.2. The van der Waals surface area contributed by atoms with Crippen molar-refractivity contribution < 1.29 is 9.59 Å². The van der Waals surface area contributed by atoms with Gasteiger partial charge in [-0.15, -0.1) is 0 Å². The lowest BCUT2D eigenvalue weighted by Gasteiger charge is -2.23. The summed E-state index contributed by atoms with van der Waals surface area (Å²) in [7, 11) is 0. The summed E-state index contributed by atoms with van der Waals surface area (Å²) in [5.41, 5.74) is 1.82. The number of rotatable bonds is 4. The zero-order valence-corrected chi connectivity index (χ0v) is 13.1. The van der Waals surface area contributed by atoms with E-state index in [1.54, 1.807) is 11.1 Å². The van der Waals surface area contributed by atoms with Crippen LogP contribution in [0.4, 0.5) is 0 Å². The van der Waals surface area contributed by atoms with Gasteiger partial charge in [-0.3, -0.25) is 14.6 Å². The summed E-state index contributed by atoms with van der Waals surface area (Å²) in [5.74, 6) is -0.0637. The molecular weight excluding hydrogens is 290 g/mol. The van der Waals surface area contributed by atoms with Crippen molar-refractivity contribution in [1.29, 1.82) is 0 Å². The Balaban J connectivity index is 1.71. The third kappa shape index (κ3) is 3.44. The number of hydrogen-bond donors (Lipinski definition) is 0. The van der Waals surface area contributed by atoms with E-state index in [1.807, 2.05) is 37.3 Å². The van der Waals surface area contributed by atoms with Crippen LogP contribution in [0.2, 0.25) is 0 Å². The van der Waals surface area contributed by atoms with E-state index in [0.717, 1.165) is 18.5 Å². The number of likely N-dealkylation sites (tertiary alicyclic amines) is 1. The SMILES string of the molecule is Cc1cnc(C(=O)N2CCC[C@H]2CC(=O)c2ccccc2)cn1. The van der Waals surface area contributed by atoms with Crippen molar-refractivity contribution in [2.45, 2.75) is 32.2 Å². The Morgan fingerprint density at radius 1 is 1.17 bits per heavy atom. The smallest absolute Gasteiger partial charge is 0.274 e. The van der Waals surface area contributed by atoms with E-state index in [0.29, 0.717) is 24.2 Å². The molecule has 1 atom stereocenters. The average Bonchev–Trinajstić information content (AvgIpc) is 3.04. The number of nitrogens with zero attached hydrogens (tertiary/aromatic N) is 3. The molecule has 1 aliphatic rings. The molecule has 1 saturated heterocycles. The molecule has 0 unspecified atom stereocenters. The Morgan fingerprint density at radius 2 is 1.96 bits per heavy atom. The van der Waals surface area contributed by atoms with E-state index >= 15 is 0 Å². The van der Waals surface area contributed by atoms with Crippen molar-refractivity contribution >= 4 is 11.7 Å². The lowest BCUT2D eigenvalue weighted by atomic mass is 10.0. The molecule has 23 heavy (non-hydrogen) atoms. The molecule has 1 aliphatic heterocycles. The molecule has 0 saturated carbocycles. The number of amides is 1. The maximum Gasteiger partial charge on any atom is 0.274 e. The van der Waals surface area contributed by atoms with Crippen molar-refractivity contribution in [2.24, 2.45) is 0 Å². The minimum atomic E-state index is -0.138. The predicted octanol–water partition coefficient (Wildman–Crippen LogP) is 2.66. The molecule has 2 heterocycles. The fraction of sp³-hybridized carbons (Fsp3) is 0.333. The summed E-state index contributed by atoms with van der Waals surface area (Å²) in [5, 5.41) is 0. The molecule has 3 rings (SSSR count). The largest absolute Gasteiger partial charge is 0.334 e. The molecule has 0 bridgehead atoms. The molecule has 5 nitrogen and oxygen atoms in total. The Morgan fingerprint density at radius 3 is 2.65 bits per heavy atom. The summed E-state index contributed by atoms with van der Waals surface area (Å²) < 4.78 is 0. The summed E-state index contributed by atoms with van der Waals surface area (Å²) in [6.45, 7) is 2.50. The topological polar surface area (TPSA) is 63.2 Å². The van der Waals surface area contributed by atoms with Gasteiger partial charge in [-0.25, -0.2) is 4.98 Å². The number of aryl methyl sites for hydroxylation is 1. The van der Waals surface area contributed by atoms with Crippen LogP contribution in [0, 0.1) is 6.92 Å². The fourth-order valence-electron chi connectivity index (χ4n) is 2.92. The third-order valence-corrected chi connectivity index (χ3v) is 4.15. The second kappa shape index (κ2) is 6.69. The lowest BCUT2D eigenvalue weighted by Crippen LogP contribution is -2.37. The number of benzene rings is 1. The lowest BCUT2D eigenvalue weighted by molar-refractivity contribution is 0.0711. The first-order chi connectivity index (χ1) is 11.1. The van der Waals surface area contributed by atoms with E-state index in [1.165, 1.54) is 6.20 Å². The first kappa shape index (κ1) is 15.3. The van der Waals surface area contributed by atoms with E-state index in [2.05, 4.69) is 9.97 Å². The van der Waals surface area contributed by atoms with Gasteiger partial charge in [0.1, 0.15) is 5.69 Å². The van der Waals surface area contributed by atoms with Crippen LogP contribution in [0.25, 0.3) is 0 Å². The second-order valence-corrected chi connectivity index (χ2v) is 5.83. The van der Waals surface area contributed by atoms with Gasteiger partial charge in [0.2, 0.25) is 0 Å². The fourth-order valence-corrected chi connectivity index (χ4v) is 2.92. The highest BCUT2D eigenvalue weighted by Crippen LogP contribution is 2.23. The van der Waals surface area contributed by atoms with Crippen LogP contribution >= 0.6 is 0 Å². The third-order valence-electron chi connectivity index (χ3n) is 4.15. The number of Topliss-reactive ketones (excluding diaryl/α,β-unsaturated/α-hetero) is 1. The Labute approximate surface area is 135 Å². The molecular formula is C18H19N3O2. The zero-order valence-electron chi connectivity index (χ0n) is 13.1. The van der Waals surface area contributed by atoms with Crippen LogP contribution in [-0.2, 0) is 0 Å². The normalized spacial score (nSPS) is 17.3. The molecule has 0 aliphatic carbocycles. The van der Waals surface area contributed by atoms with Crippen molar-refractivity contribution in [2.75, 3.05) is 6.54 Å². The maximum atomic E-state index is 12.6. The van der Waals surface area contributed by atoms with Gasteiger partial charge < -0.3 is 4.90 Å². The zero-order chi connectivity index (χ0) is 16.2. The Hall–Kier alpha value is -2.56. The number of carbonyl (C=O) groups is 2. The van der Waals surface area contributed by atoms with Crippen LogP contribution in [0.5, 0.6) is 0 Å². The summed E-state index contributed by atoms with van der Waals surface area (Å²) in [4.78, 5) is 35.0. The first-order valence-corrected chi connectivity index (χ1v) is 7.83. The first-order valence-electron chi connectivity index (χ1n) is 7.83. The van der Waals surface area contributed by atoms with Gasteiger partial charge in [-0.2, -0.15) is 0 Å². The molecule has 118 valence electrons. The van der Waals surface area contributed by atoms with E-state index < -0.39 is 0 Å². The summed E-state index contributed by atoms with van der Waals surface area (Å²) >= 11 is 0. The molecule has 5 heteroatoms. The van der Waals surface area contributed by atoms with Gasteiger partial charge in [0, 0.05) is 30.8 Å². The molecule has 2 aromatic rings. The Kier molecular flexibility index (Phi) is 4.46. The molecule has 1 amide bonds. The quantitative estimate of drug-likeness (QED) is 0.815. The number of ketones is 1. The van der Waals surface area contributed by atoms with Crippen LogP contribution in [0.3, 0.4) is 0 Å². The average molecular weight is 309 g/mol. The number of carbonyl (C=O) groups excluding carboxylic acids is 2. The minimum absolute atomic E-state index is 0.0571. The maximum absolute atomic E-state index is 12.6. The van der Waals surface area contributed by atoms with E-state index in [9.17, 15) is 9.59 Å². The highest BCUT2D eigenvalue weighted by molar-refractivity contribution is 5.97. The van der Waals surface area contributed by atoms with Crippen LogP contribution in [-0.4, -0.2) is 39.1 Å². The van der Waals surface area contributed by atoms with Crippen LogP contribution in [0.15, 0.2) is 42.7 Å². The van der Waals surface area contributed by atoms with Crippen molar-refractivity contribution in [3.8, 4) is 0 Å². The van der Waals surface area contributed by atoms with Crippen LogP contribution in [0.1, 0.15) is 45.8 Å². The predicted molar refractivity (Wildman–Crippen MR) is 86.2 cm³/mol. The molecule has 0 spiro atoms. The second-order valence-electron chi connectivity index (χ2n) is 5.83. The van der Waals surface area contributed by atoms with Gasteiger partial charge in [0.25, 0.3) is 5.91 Å². The van der Waals surface area contributed by atoms with Gasteiger partial charge in [0.15, 0.2) is 5.78 Å². The standard InChI is InChI=1S/C18H19N3O2/c1-13-11-20-16(12-19-13)18(23)21-9-5-8-15(21)10-17(22)14-6-3-2-4-7-14/h2-4,6-7,11-12,15H,5,8-10H2,1H3/t15-/m0/s1. The number of hydrogen-bond acceptors (Lipinski definition) is 4. The monoisotopic (exact) mass is 309 g/mol. The van der Waals surface area contributed by atoms with E-state index in [-0.39, 0.29) is 17.7 Å². The van der Waals surface area contributed by atoms with Crippen molar-refractivity contribution in [1.82, 2.24) is 14.9 Å². The molecule has 1 fully saturated rings.